The number of carbonyl (C=O) groups excluding carboxylic acids is 2. The summed E-state index contributed by atoms with van der Waals surface area (Å²) >= 11 is 0. The molecule has 4 aliphatic carbocycles. The zero-order valence-electron chi connectivity index (χ0n) is 23.8. The molecule has 4 aliphatic heterocycles. The van der Waals surface area contributed by atoms with E-state index >= 15 is 0 Å². The number of carbonyl (C=O) groups is 2. The van der Waals surface area contributed by atoms with Crippen LogP contribution in [-0.4, -0.2) is 79.3 Å². The first-order chi connectivity index (χ1) is 19.2. The van der Waals surface area contributed by atoms with Gasteiger partial charge in [-0.3, -0.25) is 4.79 Å². The van der Waals surface area contributed by atoms with Crippen molar-refractivity contribution in [1.82, 2.24) is 0 Å². The Kier molecular flexibility index (Phi) is 5.79. The average Bonchev–Trinajstić information content (AvgIpc) is 3.68. The molecule has 13 atom stereocenters. The zero-order valence-corrected chi connectivity index (χ0v) is 23.8. The normalized spacial score (nSPS) is 58.5. The highest BCUT2D eigenvalue weighted by atomic mass is 16.8. The first-order valence-corrected chi connectivity index (χ1v) is 15.7. The molecule has 9 heteroatoms. The molecule has 0 bridgehead atoms. The van der Waals surface area contributed by atoms with E-state index in [1.807, 2.05) is 0 Å². The molecule has 0 amide bonds. The summed E-state index contributed by atoms with van der Waals surface area (Å²) in [5.41, 5.74) is -2.49. The van der Waals surface area contributed by atoms with Gasteiger partial charge in [-0.1, -0.05) is 6.92 Å². The van der Waals surface area contributed by atoms with Crippen molar-refractivity contribution >= 4 is 12.3 Å². The third-order valence-electron chi connectivity index (χ3n) is 13.5. The Morgan fingerprint density at radius 2 is 1.88 bits per heavy atom. The van der Waals surface area contributed by atoms with Crippen LogP contribution in [0.4, 0.5) is 0 Å². The minimum absolute atomic E-state index is 0.00773. The van der Waals surface area contributed by atoms with Crippen molar-refractivity contribution in [2.45, 2.75) is 126 Å². The monoisotopic (exact) mass is 560 g/mol. The molecular formula is C31H44O9. The van der Waals surface area contributed by atoms with Crippen molar-refractivity contribution in [2.24, 2.45) is 34.0 Å². The van der Waals surface area contributed by atoms with Crippen LogP contribution in [0.3, 0.4) is 0 Å². The predicted octanol–water partition coefficient (Wildman–Crippen LogP) is 3.29. The first kappa shape index (κ1) is 26.5. The van der Waals surface area contributed by atoms with E-state index < -0.39 is 22.9 Å². The second-order valence-corrected chi connectivity index (χ2v) is 14.9. The zero-order chi connectivity index (χ0) is 27.5. The van der Waals surface area contributed by atoms with Gasteiger partial charge in [-0.15, -0.1) is 0 Å². The minimum atomic E-state index is -0.874. The lowest BCUT2D eigenvalue weighted by Crippen LogP contribution is -2.67. The minimum Gasteiger partial charge on any atom is -0.462 e. The molecule has 40 heavy (non-hydrogen) atoms. The Morgan fingerprint density at radius 1 is 1.02 bits per heavy atom. The molecule has 4 heterocycles. The van der Waals surface area contributed by atoms with Crippen LogP contribution in [0.1, 0.15) is 84.5 Å². The number of hydrogen-bond donors (Lipinski definition) is 1. The van der Waals surface area contributed by atoms with Crippen molar-refractivity contribution in [3.05, 3.63) is 0 Å². The Morgan fingerprint density at radius 3 is 2.67 bits per heavy atom. The lowest BCUT2D eigenvalue weighted by atomic mass is 9.39. The number of hydrogen-bond acceptors (Lipinski definition) is 9. The number of cyclic esters (lactones) is 1. The Balaban J connectivity index is 1.04. The summed E-state index contributed by atoms with van der Waals surface area (Å²) in [6, 6.07) is 0. The fraction of sp³-hybridized carbons (Fsp3) is 0.935. The summed E-state index contributed by atoms with van der Waals surface area (Å²) < 4.78 is 36.2. The van der Waals surface area contributed by atoms with Gasteiger partial charge in [-0.05, 0) is 82.0 Å². The average molecular weight is 561 g/mol. The van der Waals surface area contributed by atoms with Crippen LogP contribution < -0.4 is 0 Å². The van der Waals surface area contributed by atoms with Crippen molar-refractivity contribution in [1.29, 1.82) is 0 Å². The number of rotatable bonds is 3. The van der Waals surface area contributed by atoms with E-state index in [0.29, 0.717) is 19.6 Å². The number of fused-ring (bicyclic) bond motifs is 6. The molecule has 9 nitrogen and oxygen atoms in total. The van der Waals surface area contributed by atoms with Gasteiger partial charge >= 0.3 is 5.97 Å². The molecule has 0 aromatic carbocycles. The fourth-order valence-electron chi connectivity index (χ4n) is 11.6. The SMILES string of the molecule is CC1CC2OCOC2C(OC2CCC3(C=O)C4CCC56COC7(COC(=O)C7)C5CCC6(O)C4CCC3(C)C2)O1. The van der Waals surface area contributed by atoms with Crippen molar-refractivity contribution in [3.63, 3.8) is 0 Å². The fourth-order valence-corrected chi connectivity index (χ4v) is 11.6. The summed E-state index contributed by atoms with van der Waals surface area (Å²) in [5.74, 6) is 0.139. The Bertz CT molecular complexity index is 1080. The van der Waals surface area contributed by atoms with Gasteiger partial charge in [0.25, 0.3) is 0 Å². The van der Waals surface area contributed by atoms with Crippen LogP contribution in [-0.2, 0) is 38.0 Å². The topological polar surface area (TPSA) is 110 Å². The van der Waals surface area contributed by atoms with Crippen molar-refractivity contribution in [3.8, 4) is 0 Å². The maximum Gasteiger partial charge on any atom is 0.308 e. The molecule has 4 saturated carbocycles. The maximum atomic E-state index is 13.3. The van der Waals surface area contributed by atoms with E-state index in [4.69, 9.17) is 28.4 Å². The van der Waals surface area contributed by atoms with Crippen LogP contribution >= 0.6 is 0 Å². The molecule has 8 aliphatic rings. The molecular weight excluding hydrogens is 516 g/mol. The lowest BCUT2D eigenvalue weighted by molar-refractivity contribution is -0.277. The molecule has 0 aromatic heterocycles. The molecule has 8 rings (SSSR count). The molecule has 0 aromatic rings. The van der Waals surface area contributed by atoms with Gasteiger partial charge in [0.1, 0.15) is 31.4 Å². The van der Waals surface area contributed by atoms with Gasteiger partial charge in [0, 0.05) is 23.2 Å². The standard InChI is InChI=1S/C31H44O9/c1-18-11-22-25(37-17-36-22)26(39-18)40-19-3-8-28(14-32)20-5-9-29-15-38-30(13-24(33)35-16-30)23(29)6-10-31(29,34)21(20)4-7-27(28,2)12-19/h14,18-23,25-26,34H,3-13,15-17H2,1-2H3. The van der Waals surface area contributed by atoms with Crippen LogP contribution in [0.25, 0.3) is 0 Å². The number of aldehydes is 1. The van der Waals surface area contributed by atoms with E-state index in [9.17, 15) is 14.7 Å². The molecule has 1 N–H and O–H groups in total. The highest BCUT2D eigenvalue weighted by molar-refractivity contribution is 5.73. The summed E-state index contributed by atoms with van der Waals surface area (Å²) in [5, 5.41) is 12.7. The van der Waals surface area contributed by atoms with Crippen LogP contribution in [0, 0.1) is 34.0 Å². The van der Waals surface area contributed by atoms with Gasteiger partial charge in [0.05, 0.1) is 36.9 Å². The quantitative estimate of drug-likeness (QED) is 0.316. The van der Waals surface area contributed by atoms with Crippen LogP contribution in [0.5, 0.6) is 0 Å². The molecule has 222 valence electrons. The van der Waals surface area contributed by atoms with Gasteiger partial charge < -0.3 is 38.3 Å². The van der Waals surface area contributed by atoms with Gasteiger partial charge in [-0.2, -0.15) is 0 Å². The van der Waals surface area contributed by atoms with E-state index in [-0.39, 0.29) is 65.8 Å². The second-order valence-electron chi connectivity index (χ2n) is 14.9. The third-order valence-corrected chi connectivity index (χ3v) is 13.5. The lowest BCUT2D eigenvalue weighted by Gasteiger charge is -2.66. The van der Waals surface area contributed by atoms with Crippen LogP contribution in [0.15, 0.2) is 0 Å². The summed E-state index contributed by atoms with van der Waals surface area (Å²) in [6.07, 6.45) is 9.25. The number of esters is 1. The molecule has 4 saturated heterocycles. The van der Waals surface area contributed by atoms with Gasteiger partial charge in [0.15, 0.2) is 6.29 Å². The number of aliphatic hydroxyl groups is 1. The van der Waals surface area contributed by atoms with Crippen molar-refractivity contribution in [2.75, 3.05) is 20.0 Å². The van der Waals surface area contributed by atoms with Crippen LogP contribution in [0.2, 0.25) is 0 Å². The summed E-state index contributed by atoms with van der Waals surface area (Å²) in [6.45, 7) is 5.42. The highest BCUT2D eigenvalue weighted by Crippen LogP contribution is 2.74. The summed E-state index contributed by atoms with van der Waals surface area (Å²) in [4.78, 5) is 25.4. The number of ether oxygens (including phenoxy) is 6. The molecule has 8 fully saturated rings. The summed E-state index contributed by atoms with van der Waals surface area (Å²) in [7, 11) is 0. The largest absolute Gasteiger partial charge is 0.462 e. The molecule has 2 spiro atoms. The Hall–Kier alpha value is -1.10. The van der Waals surface area contributed by atoms with Gasteiger partial charge in [0.2, 0.25) is 0 Å². The van der Waals surface area contributed by atoms with Crippen molar-refractivity contribution < 1.29 is 43.1 Å². The van der Waals surface area contributed by atoms with E-state index in [0.717, 1.165) is 64.2 Å². The second kappa shape index (κ2) is 8.73. The van der Waals surface area contributed by atoms with E-state index in [2.05, 4.69) is 13.8 Å². The van der Waals surface area contributed by atoms with E-state index in [1.165, 1.54) is 6.29 Å². The maximum absolute atomic E-state index is 13.3. The Labute approximate surface area is 235 Å². The predicted molar refractivity (Wildman–Crippen MR) is 139 cm³/mol. The smallest absolute Gasteiger partial charge is 0.308 e. The van der Waals surface area contributed by atoms with Gasteiger partial charge in [-0.25, -0.2) is 0 Å². The van der Waals surface area contributed by atoms with E-state index in [1.54, 1.807) is 0 Å². The molecule has 0 radical (unpaired) electrons. The molecule has 13 unspecified atom stereocenters. The highest BCUT2D eigenvalue weighted by Gasteiger charge is 2.77. The third kappa shape index (κ3) is 3.25. The first-order valence-electron chi connectivity index (χ1n) is 15.7.